The van der Waals surface area contributed by atoms with E-state index in [4.69, 9.17) is 14.5 Å². The number of nitrogens with one attached hydrogen (secondary N) is 1. The van der Waals surface area contributed by atoms with E-state index >= 15 is 0 Å². The molecule has 0 aromatic heterocycles. The molecule has 5 nitrogen and oxygen atoms in total. The molecule has 2 heterocycles. The number of para-hydroxylation sites is 1. The van der Waals surface area contributed by atoms with Gasteiger partial charge in [-0.1, -0.05) is 31.0 Å². The number of ether oxygens (including phenoxy) is 2. The minimum Gasteiger partial charge on any atom is -0.381 e. The number of benzene rings is 1. The number of nitrogens with zero attached hydrogens (tertiary/aromatic N) is 2. The Balaban J connectivity index is 0.00000240. The van der Waals surface area contributed by atoms with E-state index in [0.717, 1.165) is 64.7 Å². The lowest BCUT2D eigenvalue weighted by Gasteiger charge is -2.27. The maximum absolute atomic E-state index is 6.00. The number of rotatable bonds is 6. The van der Waals surface area contributed by atoms with Crippen molar-refractivity contribution in [2.45, 2.75) is 63.4 Å². The summed E-state index contributed by atoms with van der Waals surface area (Å²) in [5.41, 5.74) is 3.21. The number of anilines is 1. The van der Waals surface area contributed by atoms with E-state index in [1.165, 1.54) is 36.9 Å². The van der Waals surface area contributed by atoms with Crippen molar-refractivity contribution < 1.29 is 9.47 Å². The first-order valence-corrected chi connectivity index (χ1v) is 11.2. The Hall–Kier alpha value is -0.860. The lowest BCUT2D eigenvalue weighted by Crippen LogP contribution is -2.43. The summed E-state index contributed by atoms with van der Waals surface area (Å²) < 4.78 is 11.4. The molecule has 1 saturated carbocycles. The minimum absolute atomic E-state index is 0. The molecule has 0 unspecified atom stereocenters. The first kappa shape index (κ1) is 22.8. The summed E-state index contributed by atoms with van der Waals surface area (Å²) in [5.74, 6) is 1.03. The van der Waals surface area contributed by atoms with Crippen molar-refractivity contribution in [2.75, 3.05) is 44.4 Å². The molecule has 1 aliphatic carbocycles. The Labute approximate surface area is 192 Å². The van der Waals surface area contributed by atoms with Crippen molar-refractivity contribution >= 4 is 35.6 Å². The zero-order chi connectivity index (χ0) is 19.2. The van der Waals surface area contributed by atoms with Crippen LogP contribution in [-0.2, 0) is 14.9 Å². The standard InChI is InChI=1S/C23H35N3O2.HI/c1-2-24-22(25-14-7-15-28-19-10-16-27-17-11-19)26-18-23(12-5-6-13-23)20-8-3-4-9-21(20)26;/h3-4,8-9,19H,2,5-7,10-18H2,1H3,(H,24,25);1H. The van der Waals surface area contributed by atoms with E-state index in [1.54, 1.807) is 0 Å². The quantitative estimate of drug-likeness (QED) is 0.264. The fourth-order valence-electron chi connectivity index (χ4n) is 5.04. The molecular weight excluding hydrogens is 477 g/mol. The van der Waals surface area contributed by atoms with Crippen molar-refractivity contribution in [1.82, 2.24) is 5.32 Å². The molecule has 1 aromatic rings. The fourth-order valence-corrected chi connectivity index (χ4v) is 5.04. The van der Waals surface area contributed by atoms with Gasteiger partial charge < -0.3 is 19.7 Å². The van der Waals surface area contributed by atoms with Crippen molar-refractivity contribution in [3.8, 4) is 0 Å². The minimum atomic E-state index is 0. The molecule has 0 atom stereocenters. The van der Waals surface area contributed by atoms with E-state index in [2.05, 4.69) is 41.4 Å². The summed E-state index contributed by atoms with van der Waals surface area (Å²) in [5, 5.41) is 3.53. The van der Waals surface area contributed by atoms with E-state index in [1.807, 2.05) is 0 Å². The van der Waals surface area contributed by atoms with Gasteiger partial charge in [-0.05, 0) is 50.7 Å². The van der Waals surface area contributed by atoms with Gasteiger partial charge >= 0.3 is 0 Å². The van der Waals surface area contributed by atoms with Crippen molar-refractivity contribution in [3.05, 3.63) is 29.8 Å². The molecule has 1 spiro atoms. The van der Waals surface area contributed by atoms with Gasteiger partial charge in [-0.15, -0.1) is 24.0 Å². The van der Waals surface area contributed by atoms with Gasteiger partial charge in [0.25, 0.3) is 0 Å². The lowest BCUT2D eigenvalue weighted by molar-refractivity contribution is -0.0318. The summed E-state index contributed by atoms with van der Waals surface area (Å²) in [6, 6.07) is 8.96. The zero-order valence-electron chi connectivity index (χ0n) is 17.7. The van der Waals surface area contributed by atoms with E-state index in [9.17, 15) is 0 Å². The van der Waals surface area contributed by atoms with E-state index < -0.39 is 0 Å². The van der Waals surface area contributed by atoms with Crippen LogP contribution in [0.3, 0.4) is 0 Å². The van der Waals surface area contributed by atoms with Crippen LogP contribution in [-0.4, -0.2) is 51.5 Å². The maximum Gasteiger partial charge on any atom is 0.198 e. The average molecular weight is 513 g/mol. The van der Waals surface area contributed by atoms with Crippen LogP contribution in [0.15, 0.2) is 29.3 Å². The summed E-state index contributed by atoms with van der Waals surface area (Å²) >= 11 is 0. The second-order valence-electron chi connectivity index (χ2n) is 8.36. The summed E-state index contributed by atoms with van der Waals surface area (Å²) in [7, 11) is 0. The van der Waals surface area contributed by atoms with Gasteiger partial charge in [-0.25, -0.2) is 0 Å². The fraction of sp³-hybridized carbons (Fsp3) is 0.696. The van der Waals surface area contributed by atoms with Crippen molar-refractivity contribution in [1.29, 1.82) is 0 Å². The molecule has 162 valence electrons. The van der Waals surface area contributed by atoms with Crippen molar-refractivity contribution in [3.63, 3.8) is 0 Å². The van der Waals surface area contributed by atoms with Gasteiger partial charge in [0.15, 0.2) is 5.96 Å². The van der Waals surface area contributed by atoms with Crippen LogP contribution in [0, 0.1) is 0 Å². The van der Waals surface area contributed by atoms with Crippen LogP contribution in [0.4, 0.5) is 5.69 Å². The molecule has 3 aliphatic rings. The van der Waals surface area contributed by atoms with Gasteiger partial charge in [0.1, 0.15) is 0 Å². The largest absolute Gasteiger partial charge is 0.381 e. The van der Waals surface area contributed by atoms with Gasteiger partial charge in [0.2, 0.25) is 0 Å². The third kappa shape index (κ3) is 5.25. The molecular formula is C23H36IN3O2. The third-order valence-corrected chi connectivity index (χ3v) is 6.46. The molecule has 2 fully saturated rings. The highest BCUT2D eigenvalue weighted by Crippen LogP contribution is 2.50. The zero-order valence-corrected chi connectivity index (χ0v) is 20.0. The van der Waals surface area contributed by atoms with Gasteiger partial charge in [0.05, 0.1) is 6.10 Å². The monoisotopic (exact) mass is 513 g/mol. The van der Waals surface area contributed by atoms with E-state index in [-0.39, 0.29) is 24.0 Å². The van der Waals surface area contributed by atoms with Crippen LogP contribution in [0.2, 0.25) is 0 Å². The summed E-state index contributed by atoms with van der Waals surface area (Å²) in [6.07, 6.45) is 8.69. The van der Waals surface area contributed by atoms with Crippen LogP contribution in [0.1, 0.15) is 57.4 Å². The van der Waals surface area contributed by atoms with Crippen LogP contribution in [0.5, 0.6) is 0 Å². The Bertz CT molecular complexity index is 670. The molecule has 0 radical (unpaired) electrons. The van der Waals surface area contributed by atoms with Gasteiger partial charge in [-0.3, -0.25) is 4.99 Å². The molecule has 1 N–H and O–H groups in total. The SMILES string of the molecule is CCNC(=NCCCOC1CCOCC1)N1CC2(CCCC2)c2ccccc21.I. The molecule has 0 amide bonds. The second-order valence-corrected chi connectivity index (χ2v) is 8.36. The normalized spacial score (nSPS) is 21.3. The molecule has 1 saturated heterocycles. The molecule has 1 aromatic carbocycles. The van der Waals surface area contributed by atoms with Crippen molar-refractivity contribution in [2.24, 2.45) is 4.99 Å². The first-order valence-electron chi connectivity index (χ1n) is 11.2. The number of aliphatic imine (C=N–C) groups is 1. The van der Waals surface area contributed by atoms with Crippen LogP contribution >= 0.6 is 24.0 Å². The molecule has 6 heteroatoms. The molecule has 29 heavy (non-hydrogen) atoms. The Morgan fingerprint density at radius 3 is 2.76 bits per heavy atom. The Morgan fingerprint density at radius 2 is 2.00 bits per heavy atom. The number of hydrogen-bond acceptors (Lipinski definition) is 3. The van der Waals surface area contributed by atoms with Gasteiger partial charge in [-0.2, -0.15) is 0 Å². The van der Waals surface area contributed by atoms with E-state index in [0.29, 0.717) is 11.5 Å². The average Bonchev–Trinajstić information content (AvgIpc) is 3.34. The van der Waals surface area contributed by atoms with Gasteiger partial charge in [0, 0.05) is 50.6 Å². The second kappa shape index (κ2) is 11.0. The number of guanidine groups is 1. The highest BCUT2D eigenvalue weighted by Gasteiger charge is 2.45. The summed E-state index contributed by atoms with van der Waals surface area (Å²) in [4.78, 5) is 7.39. The molecule has 0 bridgehead atoms. The smallest absolute Gasteiger partial charge is 0.198 e. The Kier molecular flexibility index (Phi) is 8.62. The molecule has 4 rings (SSSR count). The summed E-state index contributed by atoms with van der Waals surface area (Å²) in [6.45, 7) is 7.37. The topological polar surface area (TPSA) is 46.1 Å². The maximum atomic E-state index is 6.00. The predicted molar refractivity (Wildman–Crippen MR) is 130 cm³/mol. The first-order chi connectivity index (χ1) is 13.8. The highest BCUT2D eigenvalue weighted by atomic mass is 127. The number of halogens is 1. The molecule has 2 aliphatic heterocycles. The third-order valence-electron chi connectivity index (χ3n) is 6.46. The lowest BCUT2D eigenvalue weighted by atomic mass is 9.81. The number of fused-ring (bicyclic) bond motifs is 2. The van der Waals surface area contributed by atoms with Crippen LogP contribution < -0.4 is 10.2 Å². The predicted octanol–water partition coefficient (Wildman–Crippen LogP) is 4.49. The van der Waals surface area contributed by atoms with Crippen LogP contribution in [0.25, 0.3) is 0 Å². The highest BCUT2D eigenvalue weighted by molar-refractivity contribution is 14.0. The number of hydrogen-bond donors (Lipinski definition) is 1. The Morgan fingerprint density at radius 1 is 1.24 bits per heavy atom.